The number of nitrogens with one attached hydrogen (secondary N) is 2. The largest absolute Gasteiger partial charge is 0.329 e. The number of rotatable bonds is 5. The van der Waals surface area contributed by atoms with Gasteiger partial charge in [-0.1, -0.05) is 12.5 Å². The van der Waals surface area contributed by atoms with Crippen LogP contribution in [0.4, 0.5) is 5.69 Å². The monoisotopic (exact) mass is 311 g/mol. The number of sulfonamides is 1. The van der Waals surface area contributed by atoms with Gasteiger partial charge >= 0.3 is 0 Å². The molecule has 21 heavy (non-hydrogen) atoms. The highest BCUT2D eigenvalue weighted by atomic mass is 32.2. The van der Waals surface area contributed by atoms with E-state index in [1.165, 1.54) is 19.2 Å². The van der Waals surface area contributed by atoms with E-state index in [1.54, 1.807) is 6.07 Å². The molecule has 0 atom stereocenters. The van der Waals surface area contributed by atoms with E-state index in [2.05, 4.69) is 10.0 Å². The maximum Gasteiger partial charge on any atom is 0.240 e. The van der Waals surface area contributed by atoms with Gasteiger partial charge < -0.3 is 11.1 Å². The number of nitrogens with two attached hydrogens (primary N) is 1. The van der Waals surface area contributed by atoms with Gasteiger partial charge in [0.15, 0.2) is 0 Å². The molecule has 1 aromatic rings. The average molecular weight is 311 g/mol. The Labute approximate surface area is 125 Å². The van der Waals surface area contributed by atoms with Crippen molar-refractivity contribution in [2.24, 2.45) is 11.1 Å². The van der Waals surface area contributed by atoms with Crippen molar-refractivity contribution in [2.75, 3.05) is 18.9 Å². The van der Waals surface area contributed by atoms with Crippen LogP contribution in [0.15, 0.2) is 23.1 Å². The standard InChI is InChI=1S/C14H21N3O3S/c1-10-4-5-11(21(19,20)16-2)8-12(10)17-13(18)14(9-15)6-3-7-14/h4-5,8,16H,3,6-7,9,15H2,1-2H3,(H,17,18). The summed E-state index contributed by atoms with van der Waals surface area (Å²) >= 11 is 0. The van der Waals surface area contributed by atoms with Crippen LogP contribution in [0, 0.1) is 12.3 Å². The van der Waals surface area contributed by atoms with Gasteiger partial charge in [-0.25, -0.2) is 13.1 Å². The highest BCUT2D eigenvalue weighted by Crippen LogP contribution is 2.41. The van der Waals surface area contributed by atoms with Crippen LogP contribution >= 0.6 is 0 Å². The number of amides is 1. The van der Waals surface area contributed by atoms with Crippen molar-refractivity contribution in [3.05, 3.63) is 23.8 Å². The van der Waals surface area contributed by atoms with Crippen molar-refractivity contribution in [1.29, 1.82) is 0 Å². The molecular weight excluding hydrogens is 290 g/mol. The summed E-state index contributed by atoms with van der Waals surface area (Å²) in [6.45, 7) is 2.13. The van der Waals surface area contributed by atoms with Crippen LogP contribution in [0.3, 0.4) is 0 Å². The van der Waals surface area contributed by atoms with Crippen molar-refractivity contribution in [3.63, 3.8) is 0 Å². The Balaban J connectivity index is 2.28. The molecule has 7 heteroatoms. The zero-order chi connectivity index (χ0) is 15.7. The lowest BCUT2D eigenvalue weighted by Gasteiger charge is -2.39. The molecule has 0 aromatic heterocycles. The van der Waals surface area contributed by atoms with Gasteiger partial charge in [-0.3, -0.25) is 4.79 Å². The summed E-state index contributed by atoms with van der Waals surface area (Å²) in [4.78, 5) is 12.5. The van der Waals surface area contributed by atoms with E-state index < -0.39 is 15.4 Å². The minimum Gasteiger partial charge on any atom is -0.329 e. The Hall–Kier alpha value is -1.44. The molecule has 0 spiro atoms. The molecule has 116 valence electrons. The topological polar surface area (TPSA) is 101 Å². The fourth-order valence-electron chi connectivity index (χ4n) is 2.40. The minimum absolute atomic E-state index is 0.126. The lowest BCUT2D eigenvalue weighted by Crippen LogP contribution is -2.47. The van der Waals surface area contributed by atoms with Crippen molar-refractivity contribution in [3.8, 4) is 0 Å². The van der Waals surface area contributed by atoms with Crippen LogP contribution < -0.4 is 15.8 Å². The average Bonchev–Trinajstić information content (AvgIpc) is 2.40. The van der Waals surface area contributed by atoms with Crippen LogP contribution in [0.25, 0.3) is 0 Å². The summed E-state index contributed by atoms with van der Waals surface area (Å²) in [5, 5.41) is 2.83. The van der Waals surface area contributed by atoms with Gasteiger partial charge in [0.2, 0.25) is 15.9 Å². The van der Waals surface area contributed by atoms with Gasteiger partial charge in [0.25, 0.3) is 0 Å². The van der Waals surface area contributed by atoms with Crippen molar-refractivity contribution < 1.29 is 13.2 Å². The van der Waals surface area contributed by atoms with Crippen molar-refractivity contribution in [1.82, 2.24) is 4.72 Å². The molecule has 0 bridgehead atoms. The summed E-state index contributed by atoms with van der Waals surface area (Å²) in [5.41, 5.74) is 6.54. The molecule has 0 aliphatic heterocycles. The zero-order valence-corrected chi connectivity index (χ0v) is 13.1. The molecule has 6 nitrogen and oxygen atoms in total. The number of carbonyl (C=O) groups excluding carboxylic acids is 1. The first kappa shape index (κ1) is 15.9. The first-order valence-corrected chi connectivity index (χ1v) is 8.39. The van der Waals surface area contributed by atoms with Crippen LogP contribution in [0.2, 0.25) is 0 Å². The third kappa shape index (κ3) is 2.95. The second kappa shape index (κ2) is 5.75. The normalized spacial score (nSPS) is 17.1. The van der Waals surface area contributed by atoms with Gasteiger partial charge in [0.1, 0.15) is 0 Å². The second-order valence-corrected chi connectivity index (χ2v) is 7.36. The smallest absolute Gasteiger partial charge is 0.240 e. The Bertz CT molecular complexity index is 646. The number of hydrogen-bond acceptors (Lipinski definition) is 4. The number of benzene rings is 1. The summed E-state index contributed by atoms with van der Waals surface area (Å²) < 4.78 is 25.9. The molecule has 1 aliphatic rings. The molecular formula is C14H21N3O3S. The molecule has 0 saturated heterocycles. The third-order valence-corrected chi connectivity index (χ3v) is 5.63. The number of aryl methyl sites for hydroxylation is 1. The Morgan fingerprint density at radius 1 is 1.38 bits per heavy atom. The summed E-state index contributed by atoms with van der Waals surface area (Å²) in [7, 11) is -2.18. The molecule has 1 aromatic carbocycles. The van der Waals surface area contributed by atoms with Gasteiger partial charge in [-0.15, -0.1) is 0 Å². The highest BCUT2D eigenvalue weighted by Gasteiger charge is 2.42. The third-order valence-electron chi connectivity index (χ3n) is 4.22. The lowest BCUT2D eigenvalue weighted by atomic mass is 9.68. The molecule has 4 N–H and O–H groups in total. The maximum atomic E-state index is 12.4. The Kier molecular flexibility index (Phi) is 4.36. The van der Waals surface area contributed by atoms with Crippen LogP contribution in [-0.4, -0.2) is 27.9 Å². The summed E-state index contributed by atoms with van der Waals surface area (Å²) in [6, 6.07) is 4.66. The maximum absolute atomic E-state index is 12.4. The van der Waals surface area contributed by atoms with Crippen LogP contribution in [0.1, 0.15) is 24.8 Å². The molecule has 0 heterocycles. The van der Waals surface area contributed by atoms with Gasteiger partial charge in [0.05, 0.1) is 10.3 Å². The lowest BCUT2D eigenvalue weighted by molar-refractivity contribution is -0.129. The quantitative estimate of drug-likeness (QED) is 0.754. The zero-order valence-electron chi connectivity index (χ0n) is 12.3. The van der Waals surface area contributed by atoms with Gasteiger partial charge in [-0.05, 0) is 44.5 Å². The highest BCUT2D eigenvalue weighted by molar-refractivity contribution is 7.89. The van der Waals surface area contributed by atoms with E-state index in [0.29, 0.717) is 12.2 Å². The van der Waals surface area contributed by atoms with Crippen molar-refractivity contribution in [2.45, 2.75) is 31.1 Å². The molecule has 1 amide bonds. The number of hydrogen-bond donors (Lipinski definition) is 3. The van der Waals surface area contributed by atoms with E-state index in [9.17, 15) is 13.2 Å². The predicted molar refractivity (Wildman–Crippen MR) is 81.4 cm³/mol. The summed E-state index contributed by atoms with van der Waals surface area (Å²) in [6.07, 6.45) is 2.56. The van der Waals surface area contributed by atoms with Crippen LogP contribution in [0.5, 0.6) is 0 Å². The van der Waals surface area contributed by atoms with E-state index in [-0.39, 0.29) is 10.8 Å². The minimum atomic E-state index is -3.53. The number of anilines is 1. The molecule has 0 unspecified atom stereocenters. The fourth-order valence-corrected chi connectivity index (χ4v) is 3.16. The molecule has 0 radical (unpaired) electrons. The van der Waals surface area contributed by atoms with Gasteiger partial charge in [0, 0.05) is 12.2 Å². The first-order valence-electron chi connectivity index (χ1n) is 6.90. The first-order chi connectivity index (χ1) is 9.84. The molecule has 2 rings (SSSR count). The molecule has 1 saturated carbocycles. The second-order valence-electron chi connectivity index (χ2n) is 5.48. The van der Waals surface area contributed by atoms with Crippen molar-refractivity contribution >= 4 is 21.6 Å². The molecule has 1 aliphatic carbocycles. The Morgan fingerprint density at radius 3 is 2.52 bits per heavy atom. The van der Waals surface area contributed by atoms with E-state index in [1.807, 2.05) is 6.92 Å². The Morgan fingerprint density at radius 2 is 2.05 bits per heavy atom. The van der Waals surface area contributed by atoms with E-state index in [4.69, 9.17) is 5.73 Å². The SMILES string of the molecule is CNS(=O)(=O)c1ccc(C)c(NC(=O)C2(CN)CCC2)c1. The summed E-state index contributed by atoms with van der Waals surface area (Å²) in [5.74, 6) is -0.127. The van der Waals surface area contributed by atoms with Gasteiger partial charge in [-0.2, -0.15) is 0 Å². The predicted octanol–water partition coefficient (Wildman–Crippen LogP) is 0.971. The van der Waals surface area contributed by atoms with E-state index >= 15 is 0 Å². The fraction of sp³-hybridized carbons (Fsp3) is 0.500. The van der Waals surface area contributed by atoms with Crippen LogP contribution in [-0.2, 0) is 14.8 Å². The van der Waals surface area contributed by atoms with E-state index in [0.717, 1.165) is 24.8 Å². The molecule has 1 fully saturated rings. The number of carbonyl (C=O) groups is 1.